The number of hydrogen-bond donors (Lipinski definition) is 1. The van der Waals surface area contributed by atoms with Gasteiger partial charge in [-0.3, -0.25) is 0 Å². The molecule has 3 rings (SSSR count). The number of alkyl halides is 3. The third-order valence-electron chi connectivity index (χ3n) is 2.67. The lowest BCUT2D eigenvalue weighted by Crippen LogP contribution is -2.18. The van der Waals surface area contributed by atoms with E-state index in [0.29, 0.717) is 17.2 Å². The molecule has 0 bridgehead atoms. The molecule has 1 aliphatic heterocycles. The fourth-order valence-electron chi connectivity index (χ4n) is 1.72. The predicted octanol–water partition coefficient (Wildman–Crippen LogP) is 2.24. The van der Waals surface area contributed by atoms with Gasteiger partial charge in [0, 0.05) is 11.4 Å². The van der Waals surface area contributed by atoms with Gasteiger partial charge >= 0.3 is 6.18 Å². The molecule has 2 heterocycles. The van der Waals surface area contributed by atoms with Crippen molar-refractivity contribution in [3.63, 3.8) is 0 Å². The second kappa shape index (κ2) is 4.51. The molecule has 0 unspecified atom stereocenters. The lowest BCUT2D eigenvalue weighted by molar-refractivity contribution is -0.147. The zero-order chi connectivity index (χ0) is 14.3. The fraction of sp³-hybridized carbons (Fsp3) is 0.182. The molecule has 0 spiro atoms. The Morgan fingerprint density at radius 3 is 2.50 bits per heavy atom. The summed E-state index contributed by atoms with van der Waals surface area (Å²) < 4.78 is 39.1. The van der Waals surface area contributed by atoms with Crippen molar-refractivity contribution in [1.29, 1.82) is 0 Å². The number of aromatic nitrogens is 3. The highest BCUT2D eigenvalue weighted by molar-refractivity contribution is 7.99. The summed E-state index contributed by atoms with van der Waals surface area (Å²) in [5, 5.41) is 10.8. The van der Waals surface area contributed by atoms with Crippen LogP contribution in [0.4, 0.5) is 18.9 Å². The summed E-state index contributed by atoms with van der Waals surface area (Å²) in [4.78, 5) is 0. The Morgan fingerprint density at radius 2 is 1.85 bits per heavy atom. The number of halogens is 3. The van der Waals surface area contributed by atoms with E-state index in [4.69, 9.17) is 5.73 Å². The molecule has 1 aliphatic rings. The van der Waals surface area contributed by atoms with Crippen LogP contribution in [0, 0.1) is 0 Å². The SMILES string of the molecule is Nc1ccc(C2=Nn3c(nnc3C(F)(F)F)SC2)cc1. The molecular formula is C11H8F3N5S. The van der Waals surface area contributed by atoms with Crippen LogP contribution in [-0.4, -0.2) is 26.3 Å². The van der Waals surface area contributed by atoms with Gasteiger partial charge in [0.25, 0.3) is 5.82 Å². The molecule has 1 aromatic heterocycles. The molecule has 1 aromatic carbocycles. The van der Waals surface area contributed by atoms with Crippen LogP contribution in [0.15, 0.2) is 34.5 Å². The molecule has 2 aromatic rings. The number of fused-ring (bicyclic) bond motifs is 1. The van der Waals surface area contributed by atoms with E-state index < -0.39 is 12.0 Å². The Bertz CT molecular complexity index is 674. The molecule has 5 nitrogen and oxygen atoms in total. The van der Waals surface area contributed by atoms with Crippen molar-refractivity contribution in [3.05, 3.63) is 35.7 Å². The van der Waals surface area contributed by atoms with Gasteiger partial charge in [0.2, 0.25) is 5.16 Å². The van der Waals surface area contributed by atoms with Crippen molar-refractivity contribution in [2.45, 2.75) is 11.3 Å². The van der Waals surface area contributed by atoms with Crippen molar-refractivity contribution in [1.82, 2.24) is 14.9 Å². The third kappa shape index (κ3) is 2.24. The minimum atomic E-state index is -4.58. The molecule has 0 saturated heterocycles. The largest absolute Gasteiger partial charge is 0.453 e. The van der Waals surface area contributed by atoms with Crippen LogP contribution in [0.1, 0.15) is 11.4 Å². The van der Waals surface area contributed by atoms with Crippen molar-refractivity contribution >= 4 is 23.2 Å². The van der Waals surface area contributed by atoms with Crippen LogP contribution < -0.4 is 5.73 Å². The molecule has 20 heavy (non-hydrogen) atoms. The van der Waals surface area contributed by atoms with Crippen molar-refractivity contribution in [2.75, 3.05) is 11.5 Å². The average molecular weight is 299 g/mol. The Hall–Kier alpha value is -2.03. The number of hydrogen-bond acceptors (Lipinski definition) is 5. The standard InChI is InChI=1S/C11H8F3N5S/c12-11(13,14)9-16-17-10-19(9)18-8(5-20-10)6-1-3-7(15)4-2-6/h1-4H,5,15H2. The lowest BCUT2D eigenvalue weighted by Gasteiger charge is -2.14. The van der Waals surface area contributed by atoms with Crippen LogP contribution in [0.2, 0.25) is 0 Å². The van der Waals surface area contributed by atoms with Crippen LogP contribution in [-0.2, 0) is 6.18 Å². The first kappa shape index (κ1) is 13.0. The number of rotatable bonds is 1. The summed E-state index contributed by atoms with van der Waals surface area (Å²) in [5.74, 6) is -0.687. The van der Waals surface area contributed by atoms with E-state index in [-0.39, 0.29) is 5.16 Å². The smallest absolute Gasteiger partial charge is 0.399 e. The Labute approximate surface area is 115 Å². The van der Waals surface area contributed by atoms with Gasteiger partial charge in [-0.2, -0.15) is 22.9 Å². The molecule has 0 saturated carbocycles. The van der Waals surface area contributed by atoms with Gasteiger partial charge in [0.15, 0.2) is 0 Å². The summed E-state index contributed by atoms with van der Waals surface area (Å²) in [6.07, 6.45) is -4.58. The minimum Gasteiger partial charge on any atom is -0.399 e. The molecule has 104 valence electrons. The second-order valence-corrected chi connectivity index (χ2v) is 5.02. The highest BCUT2D eigenvalue weighted by atomic mass is 32.2. The van der Waals surface area contributed by atoms with Crippen molar-refractivity contribution < 1.29 is 13.2 Å². The highest BCUT2D eigenvalue weighted by Gasteiger charge is 2.39. The van der Waals surface area contributed by atoms with E-state index in [1.54, 1.807) is 24.3 Å². The van der Waals surface area contributed by atoms with Gasteiger partial charge in [0.1, 0.15) is 0 Å². The van der Waals surface area contributed by atoms with E-state index in [2.05, 4.69) is 15.3 Å². The van der Waals surface area contributed by atoms with E-state index >= 15 is 0 Å². The highest BCUT2D eigenvalue weighted by Crippen LogP contribution is 2.32. The number of nitrogens with zero attached hydrogens (tertiary/aromatic N) is 4. The van der Waals surface area contributed by atoms with Gasteiger partial charge in [-0.1, -0.05) is 23.9 Å². The van der Waals surface area contributed by atoms with E-state index in [1.165, 1.54) is 0 Å². The first-order valence-corrected chi connectivity index (χ1v) is 6.53. The maximum atomic E-state index is 12.8. The average Bonchev–Trinajstić information content (AvgIpc) is 2.82. The zero-order valence-corrected chi connectivity index (χ0v) is 10.7. The van der Waals surface area contributed by atoms with Gasteiger partial charge in [-0.05, 0) is 17.7 Å². The molecular weight excluding hydrogens is 291 g/mol. The maximum absolute atomic E-state index is 12.8. The van der Waals surface area contributed by atoms with Crippen molar-refractivity contribution in [2.24, 2.45) is 5.10 Å². The summed E-state index contributed by atoms with van der Waals surface area (Å²) in [5.41, 5.74) is 7.40. The summed E-state index contributed by atoms with van der Waals surface area (Å²) in [7, 11) is 0. The van der Waals surface area contributed by atoms with Crippen molar-refractivity contribution in [3.8, 4) is 0 Å². The Kier molecular flexibility index (Phi) is 2.93. The molecule has 9 heteroatoms. The normalized spacial score (nSPS) is 14.8. The third-order valence-corrected chi connectivity index (χ3v) is 3.60. The second-order valence-electron chi connectivity index (χ2n) is 4.07. The van der Waals surface area contributed by atoms with Gasteiger partial charge < -0.3 is 5.73 Å². The lowest BCUT2D eigenvalue weighted by atomic mass is 10.1. The van der Waals surface area contributed by atoms with Gasteiger partial charge in [0.05, 0.1) is 5.71 Å². The van der Waals surface area contributed by atoms with Crippen LogP contribution in [0.25, 0.3) is 0 Å². The van der Waals surface area contributed by atoms with Crippen LogP contribution in [0.3, 0.4) is 0 Å². The Balaban J connectivity index is 2.05. The number of benzene rings is 1. The number of nitrogen functional groups attached to an aromatic ring is 1. The quantitative estimate of drug-likeness (QED) is 0.820. The molecule has 0 fully saturated rings. The maximum Gasteiger partial charge on any atom is 0.453 e. The first-order valence-electron chi connectivity index (χ1n) is 5.54. The zero-order valence-electron chi connectivity index (χ0n) is 9.92. The summed E-state index contributed by atoms with van der Waals surface area (Å²) >= 11 is 1.16. The molecule has 0 atom stereocenters. The number of anilines is 1. The predicted molar refractivity (Wildman–Crippen MR) is 68.5 cm³/mol. The van der Waals surface area contributed by atoms with Gasteiger partial charge in [-0.25, -0.2) is 0 Å². The molecule has 2 N–H and O–H groups in total. The summed E-state index contributed by atoms with van der Waals surface area (Å²) in [6, 6.07) is 6.79. The van der Waals surface area contributed by atoms with Crippen LogP contribution >= 0.6 is 11.8 Å². The fourth-order valence-corrected chi connectivity index (χ4v) is 2.56. The molecule has 0 radical (unpaired) electrons. The molecule has 0 aliphatic carbocycles. The Morgan fingerprint density at radius 1 is 1.15 bits per heavy atom. The van der Waals surface area contributed by atoms with Crippen LogP contribution in [0.5, 0.6) is 0 Å². The van der Waals surface area contributed by atoms with Gasteiger partial charge in [-0.15, -0.1) is 10.2 Å². The first-order chi connectivity index (χ1) is 9.45. The van der Waals surface area contributed by atoms with E-state index in [9.17, 15) is 13.2 Å². The topological polar surface area (TPSA) is 69.1 Å². The monoisotopic (exact) mass is 299 g/mol. The molecule has 0 amide bonds. The van der Waals surface area contributed by atoms with E-state index in [0.717, 1.165) is 22.0 Å². The number of nitrogens with two attached hydrogens (primary N) is 1. The number of thioether (sulfide) groups is 1. The van der Waals surface area contributed by atoms with E-state index in [1.807, 2.05) is 0 Å². The summed E-state index contributed by atoms with van der Waals surface area (Å²) in [6.45, 7) is 0. The minimum absolute atomic E-state index is 0.136.